The Morgan fingerprint density at radius 2 is 2.11 bits per heavy atom. The van der Waals surface area contributed by atoms with E-state index in [0.29, 0.717) is 0 Å². The van der Waals surface area contributed by atoms with Gasteiger partial charge in [-0.1, -0.05) is 31.0 Å². The molecule has 0 radical (unpaired) electrons. The minimum absolute atomic E-state index is 0.165. The molecule has 0 bridgehead atoms. The molecule has 0 fully saturated rings. The summed E-state index contributed by atoms with van der Waals surface area (Å²) < 4.78 is 1.18. The van der Waals surface area contributed by atoms with Gasteiger partial charge in [0.25, 0.3) is 0 Å². The van der Waals surface area contributed by atoms with Gasteiger partial charge in [-0.3, -0.25) is 0 Å². The molecule has 2 N–H and O–H groups in total. The van der Waals surface area contributed by atoms with Crippen LogP contribution in [0.15, 0.2) is 30.3 Å². The van der Waals surface area contributed by atoms with Gasteiger partial charge < -0.3 is 5.73 Å². The molecule has 1 aromatic heterocycles. The molecule has 0 saturated heterocycles. The fourth-order valence-electron chi connectivity index (χ4n) is 1.84. The number of nitrogens with two attached hydrogens (primary N) is 1. The molecule has 4 heteroatoms. The molecular formula is C14H15ClINS. The Hall–Kier alpha value is -0.100. The Morgan fingerprint density at radius 1 is 1.33 bits per heavy atom. The largest absolute Gasteiger partial charge is 0.323 e. The van der Waals surface area contributed by atoms with Crippen LogP contribution < -0.4 is 5.73 Å². The second-order valence-corrected chi connectivity index (χ2v) is 6.94. The number of hydrogen-bond donors (Lipinski definition) is 1. The van der Waals surface area contributed by atoms with E-state index in [0.717, 1.165) is 17.9 Å². The molecule has 1 aromatic carbocycles. The molecule has 0 saturated carbocycles. The van der Waals surface area contributed by atoms with Crippen molar-refractivity contribution < 1.29 is 0 Å². The van der Waals surface area contributed by atoms with Gasteiger partial charge in [0.15, 0.2) is 0 Å². The maximum atomic E-state index is 6.15. The maximum absolute atomic E-state index is 6.15. The van der Waals surface area contributed by atoms with E-state index in [4.69, 9.17) is 17.3 Å². The Kier molecular flexibility index (Phi) is 5.06. The molecule has 0 aliphatic rings. The first-order chi connectivity index (χ1) is 8.61. The van der Waals surface area contributed by atoms with E-state index < -0.39 is 0 Å². The predicted molar refractivity (Wildman–Crippen MR) is 89.3 cm³/mol. The third-order valence-electron chi connectivity index (χ3n) is 2.79. The van der Waals surface area contributed by atoms with Crippen LogP contribution in [0.5, 0.6) is 0 Å². The topological polar surface area (TPSA) is 26.0 Å². The van der Waals surface area contributed by atoms with Crippen LogP contribution in [0, 0.1) is 3.57 Å². The lowest BCUT2D eigenvalue weighted by Crippen LogP contribution is -2.07. The summed E-state index contributed by atoms with van der Waals surface area (Å²) in [5, 5.41) is 0.780. The first kappa shape index (κ1) is 14.3. The van der Waals surface area contributed by atoms with Gasteiger partial charge in [0.2, 0.25) is 0 Å². The SMILES string of the molecule is CCCC(N)c1ccc(-c2ccc(Cl)cc2I)s1. The summed E-state index contributed by atoms with van der Waals surface area (Å²) in [6, 6.07) is 10.5. The van der Waals surface area contributed by atoms with Gasteiger partial charge in [-0.05, 0) is 53.3 Å². The molecule has 96 valence electrons. The lowest BCUT2D eigenvalue weighted by Gasteiger charge is -2.07. The Bertz CT molecular complexity index is 538. The molecule has 2 aromatic rings. The third kappa shape index (κ3) is 3.26. The van der Waals surface area contributed by atoms with Gasteiger partial charge in [0, 0.05) is 30.0 Å². The highest BCUT2D eigenvalue weighted by atomic mass is 127. The fourth-order valence-corrected chi connectivity index (χ4v) is 4.27. The quantitative estimate of drug-likeness (QED) is 0.687. The summed E-state index contributed by atoms with van der Waals surface area (Å²) in [6.07, 6.45) is 2.16. The van der Waals surface area contributed by atoms with Gasteiger partial charge >= 0.3 is 0 Å². The number of hydrogen-bond acceptors (Lipinski definition) is 2. The summed E-state index contributed by atoms with van der Waals surface area (Å²) in [6.45, 7) is 2.16. The van der Waals surface area contributed by atoms with Crippen molar-refractivity contribution in [2.24, 2.45) is 5.73 Å². The molecule has 0 aliphatic heterocycles. The molecular weight excluding hydrogens is 377 g/mol. The highest BCUT2D eigenvalue weighted by molar-refractivity contribution is 14.1. The van der Waals surface area contributed by atoms with Crippen LogP contribution in [0.25, 0.3) is 10.4 Å². The van der Waals surface area contributed by atoms with Crippen LogP contribution in [0.2, 0.25) is 5.02 Å². The lowest BCUT2D eigenvalue weighted by atomic mass is 10.1. The van der Waals surface area contributed by atoms with E-state index >= 15 is 0 Å². The molecule has 0 aliphatic carbocycles. The van der Waals surface area contributed by atoms with Gasteiger partial charge in [-0.2, -0.15) is 0 Å². The minimum Gasteiger partial charge on any atom is -0.323 e. The van der Waals surface area contributed by atoms with E-state index in [1.165, 1.54) is 18.9 Å². The summed E-state index contributed by atoms with van der Waals surface area (Å²) >= 11 is 10.1. The van der Waals surface area contributed by atoms with E-state index in [-0.39, 0.29) is 6.04 Å². The predicted octanol–water partition coefficient (Wildman–Crippen LogP) is 5.47. The first-order valence-corrected chi connectivity index (χ1v) is 8.20. The molecule has 2 rings (SSSR count). The fraction of sp³-hybridized carbons (Fsp3) is 0.286. The van der Waals surface area contributed by atoms with Gasteiger partial charge in [0.1, 0.15) is 0 Å². The number of benzene rings is 1. The zero-order valence-corrected chi connectivity index (χ0v) is 13.8. The van der Waals surface area contributed by atoms with Crippen LogP contribution in [-0.4, -0.2) is 0 Å². The highest BCUT2D eigenvalue weighted by Gasteiger charge is 2.11. The van der Waals surface area contributed by atoms with Gasteiger partial charge in [-0.25, -0.2) is 0 Å². The third-order valence-corrected chi connectivity index (χ3v) is 5.17. The van der Waals surface area contributed by atoms with E-state index in [1.54, 1.807) is 11.3 Å². The molecule has 0 spiro atoms. The highest BCUT2D eigenvalue weighted by Crippen LogP contribution is 2.35. The van der Waals surface area contributed by atoms with E-state index in [9.17, 15) is 0 Å². The van der Waals surface area contributed by atoms with Gasteiger partial charge in [0.05, 0.1) is 0 Å². The first-order valence-electron chi connectivity index (χ1n) is 5.92. The molecule has 1 unspecified atom stereocenters. The molecule has 1 heterocycles. The maximum Gasteiger partial charge on any atom is 0.0416 e. The zero-order valence-electron chi connectivity index (χ0n) is 10.1. The van der Waals surface area contributed by atoms with Crippen molar-refractivity contribution in [2.75, 3.05) is 0 Å². The second kappa shape index (κ2) is 6.37. The van der Waals surface area contributed by atoms with Crippen molar-refractivity contribution in [3.8, 4) is 10.4 Å². The number of rotatable bonds is 4. The van der Waals surface area contributed by atoms with Crippen LogP contribution >= 0.6 is 45.5 Å². The lowest BCUT2D eigenvalue weighted by molar-refractivity contribution is 0.648. The van der Waals surface area contributed by atoms with Crippen LogP contribution in [-0.2, 0) is 0 Å². The monoisotopic (exact) mass is 391 g/mol. The van der Waals surface area contributed by atoms with Crippen molar-refractivity contribution in [1.82, 2.24) is 0 Å². The Labute approximate surface area is 130 Å². The molecule has 0 amide bonds. The van der Waals surface area contributed by atoms with Crippen LogP contribution in [0.1, 0.15) is 30.7 Å². The summed E-state index contributed by atoms with van der Waals surface area (Å²) in [4.78, 5) is 2.52. The van der Waals surface area contributed by atoms with Crippen LogP contribution in [0.4, 0.5) is 0 Å². The molecule has 18 heavy (non-hydrogen) atoms. The van der Waals surface area contributed by atoms with Crippen molar-refractivity contribution in [3.05, 3.63) is 43.8 Å². The number of thiophene rings is 1. The Balaban J connectivity index is 2.29. The summed E-state index contributed by atoms with van der Waals surface area (Å²) in [5.74, 6) is 0. The molecule has 1 nitrogen and oxygen atoms in total. The van der Waals surface area contributed by atoms with Crippen LogP contribution in [0.3, 0.4) is 0 Å². The van der Waals surface area contributed by atoms with Crippen molar-refractivity contribution >= 4 is 45.5 Å². The minimum atomic E-state index is 0.165. The summed E-state index contributed by atoms with van der Waals surface area (Å²) in [5.41, 5.74) is 7.38. The molecule has 1 atom stereocenters. The average Bonchev–Trinajstić information content (AvgIpc) is 2.78. The Morgan fingerprint density at radius 3 is 2.78 bits per heavy atom. The average molecular weight is 392 g/mol. The zero-order chi connectivity index (χ0) is 13.1. The van der Waals surface area contributed by atoms with E-state index in [1.807, 2.05) is 12.1 Å². The standard InChI is InChI=1S/C14H15ClINS/c1-2-3-12(17)14-7-6-13(18-14)10-5-4-9(15)8-11(10)16/h4-8,12H,2-3,17H2,1H3. The normalized spacial score (nSPS) is 12.7. The van der Waals surface area contributed by atoms with Crippen molar-refractivity contribution in [1.29, 1.82) is 0 Å². The second-order valence-electron chi connectivity index (χ2n) is 4.22. The van der Waals surface area contributed by atoms with E-state index in [2.05, 4.69) is 47.7 Å². The van der Waals surface area contributed by atoms with Gasteiger partial charge in [-0.15, -0.1) is 11.3 Å². The van der Waals surface area contributed by atoms with Crippen molar-refractivity contribution in [3.63, 3.8) is 0 Å². The smallest absolute Gasteiger partial charge is 0.0416 e. The van der Waals surface area contributed by atoms with Crippen molar-refractivity contribution in [2.45, 2.75) is 25.8 Å². The summed E-state index contributed by atoms with van der Waals surface area (Å²) in [7, 11) is 0. The number of halogens is 2.